The first kappa shape index (κ1) is 14.4. The highest BCUT2D eigenvalue weighted by atomic mass is 79.9. The van der Waals surface area contributed by atoms with E-state index >= 15 is 0 Å². The number of benzene rings is 2. The first-order chi connectivity index (χ1) is 9.74. The highest BCUT2D eigenvalue weighted by molar-refractivity contribution is 9.10. The largest absolute Gasteiger partial charge is 0.456 e. The Morgan fingerprint density at radius 2 is 1.45 bits per heavy atom. The number of allylic oxidation sites excluding steroid dienone is 2. The number of para-hydroxylation sites is 1. The molecular formula is C16H11Br3O. The van der Waals surface area contributed by atoms with Crippen molar-refractivity contribution in [3.05, 3.63) is 58.1 Å². The molecule has 0 fully saturated rings. The fraction of sp³-hybridized carbons (Fsp3) is 0.125. The van der Waals surface area contributed by atoms with Crippen molar-refractivity contribution in [1.29, 1.82) is 0 Å². The van der Waals surface area contributed by atoms with Crippen LogP contribution in [0.2, 0.25) is 0 Å². The average Bonchev–Trinajstić information content (AvgIpc) is 2.60. The van der Waals surface area contributed by atoms with Gasteiger partial charge >= 0.3 is 0 Å². The highest BCUT2D eigenvalue weighted by Gasteiger charge is 2.21. The minimum absolute atomic E-state index is 0.787. The number of ether oxygens (including phenoxy) is 1. The third-order valence-electron chi connectivity index (χ3n) is 3.33. The van der Waals surface area contributed by atoms with E-state index in [1.165, 1.54) is 11.1 Å². The molecule has 0 spiro atoms. The number of halogens is 3. The van der Waals surface area contributed by atoms with Crippen LogP contribution in [0.4, 0.5) is 0 Å². The highest BCUT2D eigenvalue weighted by Crippen LogP contribution is 2.44. The second-order valence-corrected chi connectivity index (χ2v) is 6.50. The predicted octanol–water partition coefficient (Wildman–Crippen LogP) is 6.26. The Morgan fingerprint density at radius 3 is 2.20 bits per heavy atom. The monoisotopic (exact) mass is 456 g/mol. The second kappa shape index (κ2) is 6.04. The van der Waals surface area contributed by atoms with Crippen LogP contribution < -0.4 is 4.74 Å². The van der Waals surface area contributed by atoms with Gasteiger partial charge in [-0.1, -0.05) is 66.0 Å². The third kappa shape index (κ3) is 2.49. The Morgan fingerprint density at radius 1 is 0.800 bits per heavy atom. The summed E-state index contributed by atoms with van der Waals surface area (Å²) in [5, 5.41) is 1.58. The van der Waals surface area contributed by atoms with Crippen LogP contribution >= 0.6 is 47.8 Å². The maximum Gasteiger partial charge on any atom is 0.135 e. The lowest BCUT2D eigenvalue weighted by Crippen LogP contribution is -1.93. The molecule has 0 radical (unpaired) electrons. The molecule has 0 saturated heterocycles. The van der Waals surface area contributed by atoms with E-state index in [9.17, 15) is 0 Å². The molecule has 2 aromatic rings. The topological polar surface area (TPSA) is 9.23 Å². The van der Waals surface area contributed by atoms with E-state index in [1.807, 2.05) is 30.3 Å². The molecule has 1 nitrogen and oxygen atoms in total. The maximum absolute atomic E-state index is 6.12. The fourth-order valence-electron chi connectivity index (χ4n) is 2.38. The van der Waals surface area contributed by atoms with Gasteiger partial charge in [-0.25, -0.2) is 0 Å². The lowest BCUT2D eigenvalue weighted by atomic mass is 9.97. The number of hydrogen-bond acceptors (Lipinski definition) is 1. The van der Waals surface area contributed by atoms with Crippen LogP contribution in [0, 0.1) is 0 Å². The van der Waals surface area contributed by atoms with E-state index in [1.54, 1.807) is 0 Å². The van der Waals surface area contributed by atoms with Crippen molar-refractivity contribution in [1.82, 2.24) is 0 Å². The molecule has 0 aromatic heterocycles. The van der Waals surface area contributed by atoms with Crippen LogP contribution in [0.15, 0.2) is 46.9 Å². The van der Waals surface area contributed by atoms with Crippen molar-refractivity contribution in [3.63, 3.8) is 0 Å². The lowest BCUT2D eigenvalue weighted by Gasteiger charge is -2.11. The summed E-state index contributed by atoms with van der Waals surface area (Å²) in [6, 6.07) is 14.3. The summed E-state index contributed by atoms with van der Waals surface area (Å²) in [5.41, 5.74) is 4.78. The van der Waals surface area contributed by atoms with E-state index in [0.29, 0.717) is 0 Å². The van der Waals surface area contributed by atoms with Crippen molar-refractivity contribution >= 4 is 58.9 Å². The summed E-state index contributed by atoms with van der Waals surface area (Å²) >= 11 is 10.8. The van der Waals surface area contributed by atoms with E-state index in [-0.39, 0.29) is 0 Å². The van der Waals surface area contributed by atoms with Gasteiger partial charge in [-0.3, -0.25) is 0 Å². The van der Waals surface area contributed by atoms with Crippen molar-refractivity contribution in [2.45, 2.75) is 0 Å². The number of alkyl halides is 2. The Hall–Kier alpha value is -0.580. The lowest BCUT2D eigenvalue weighted by molar-refractivity contribution is 0.481. The first-order valence-corrected chi connectivity index (χ1v) is 9.19. The van der Waals surface area contributed by atoms with Gasteiger partial charge in [-0.15, -0.1) is 0 Å². The van der Waals surface area contributed by atoms with Gasteiger partial charge in [-0.05, 0) is 35.4 Å². The number of fused-ring (bicyclic) bond motifs is 2. The molecular weight excluding hydrogens is 448 g/mol. The van der Waals surface area contributed by atoms with Gasteiger partial charge in [0.25, 0.3) is 0 Å². The van der Waals surface area contributed by atoms with Crippen molar-refractivity contribution in [3.8, 4) is 11.5 Å². The Balaban J connectivity index is 2.34. The molecule has 0 saturated carbocycles. The van der Waals surface area contributed by atoms with Crippen LogP contribution in [-0.4, -0.2) is 10.7 Å². The van der Waals surface area contributed by atoms with Crippen LogP contribution in [0.25, 0.3) is 11.1 Å². The molecule has 1 heterocycles. The van der Waals surface area contributed by atoms with Gasteiger partial charge in [0.15, 0.2) is 0 Å². The van der Waals surface area contributed by atoms with Gasteiger partial charge in [0.05, 0.1) is 0 Å². The molecule has 4 heteroatoms. The van der Waals surface area contributed by atoms with Gasteiger partial charge in [-0.2, -0.15) is 0 Å². The molecule has 102 valence electrons. The van der Waals surface area contributed by atoms with Gasteiger partial charge in [0.2, 0.25) is 0 Å². The third-order valence-corrected chi connectivity index (χ3v) is 4.95. The van der Waals surface area contributed by atoms with E-state index < -0.39 is 0 Å². The van der Waals surface area contributed by atoms with Crippen LogP contribution in [-0.2, 0) is 0 Å². The summed E-state index contributed by atoms with van der Waals surface area (Å²) in [6.45, 7) is 0. The van der Waals surface area contributed by atoms with Gasteiger partial charge < -0.3 is 4.74 Å². The fourth-order valence-corrected chi connectivity index (χ4v) is 4.02. The molecule has 0 unspecified atom stereocenters. The predicted molar refractivity (Wildman–Crippen MR) is 95.1 cm³/mol. The summed E-state index contributed by atoms with van der Waals surface area (Å²) < 4.78 is 7.17. The average molecular weight is 459 g/mol. The molecule has 0 N–H and O–H groups in total. The molecule has 0 bridgehead atoms. The van der Waals surface area contributed by atoms with Crippen molar-refractivity contribution in [2.75, 3.05) is 10.7 Å². The Bertz CT molecular complexity index is 692. The smallest absolute Gasteiger partial charge is 0.135 e. The molecule has 1 aliphatic rings. The van der Waals surface area contributed by atoms with E-state index in [4.69, 9.17) is 4.74 Å². The quantitative estimate of drug-likeness (QED) is 0.483. The Kier molecular flexibility index (Phi) is 4.34. The summed E-state index contributed by atoms with van der Waals surface area (Å²) in [4.78, 5) is 0. The molecule has 2 aromatic carbocycles. The second-order valence-electron chi connectivity index (χ2n) is 4.46. The molecule has 0 aliphatic carbocycles. The van der Waals surface area contributed by atoms with Crippen molar-refractivity contribution in [2.24, 2.45) is 0 Å². The SMILES string of the molecule is BrCC1=C(CBr)c2cc(Br)ccc2Oc2ccccc21. The van der Waals surface area contributed by atoms with Crippen LogP contribution in [0.1, 0.15) is 11.1 Å². The minimum atomic E-state index is 0.787. The molecule has 1 aliphatic heterocycles. The standard InChI is InChI=1S/C16H11Br3O/c17-8-13-11-3-1-2-4-15(11)20-16-6-5-10(19)7-12(16)14(13)9-18/h1-7H,8-9H2. The zero-order chi connectivity index (χ0) is 14.1. The molecule has 0 amide bonds. The maximum atomic E-state index is 6.12. The van der Waals surface area contributed by atoms with Crippen LogP contribution in [0.3, 0.4) is 0 Å². The van der Waals surface area contributed by atoms with Gasteiger partial charge in [0, 0.05) is 26.3 Å². The van der Waals surface area contributed by atoms with Crippen LogP contribution in [0.5, 0.6) is 11.5 Å². The first-order valence-electron chi connectivity index (χ1n) is 6.15. The summed E-state index contributed by atoms with van der Waals surface area (Å²) in [6.07, 6.45) is 0. The minimum Gasteiger partial charge on any atom is -0.456 e. The number of hydrogen-bond donors (Lipinski definition) is 0. The number of rotatable bonds is 2. The normalized spacial score (nSPS) is 13.3. The molecule has 20 heavy (non-hydrogen) atoms. The summed E-state index contributed by atoms with van der Waals surface area (Å²) in [5.74, 6) is 1.80. The Labute approximate surface area is 143 Å². The molecule has 0 atom stereocenters. The van der Waals surface area contributed by atoms with Gasteiger partial charge in [0.1, 0.15) is 11.5 Å². The van der Waals surface area contributed by atoms with E-state index in [0.717, 1.165) is 37.8 Å². The zero-order valence-electron chi connectivity index (χ0n) is 10.5. The summed E-state index contributed by atoms with van der Waals surface area (Å²) in [7, 11) is 0. The molecule has 3 rings (SSSR count). The van der Waals surface area contributed by atoms with E-state index in [2.05, 4.69) is 59.9 Å². The zero-order valence-corrected chi connectivity index (χ0v) is 15.3. The van der Waals surface area contributed by atoms with Crippen molar-refractivity contribution < 1.29 is 4.74 Å².